The Morgan fingerprint density at radius 1 is 1.07 bits per heavy atom. The first-order valence-corrected chi connectivity index (χ1v) is 9.29. The van der Waals surface area contributed by atoms with Crippen LogP contribution in [0.5, 0.6) is 0 Å². The maximum absolute atomic E-state index is 14.0. The van der Waals surface area contributed by atoms with E-state index in [1.807, 2.05) is 42.1 Å². The molecule has 0 radical (unpaired) electrons. The highest BCUT2D eigenvalue weighted by Crippen LogP contribution is 2.32. The SMILES string of the molecule is Cn1c2ccncc2c2ccc(Nc3cc(F)ccc3N3CCOCC3)nc21. The van der Waals surface area contributed by atoms with Gasteiger partial charge in [0.25, 0.3) is 0 Å². The van der Waals surface area contributed by atoms with Gasteiger partial charge in [0.05, 0.1) is 30.1 Å². The maximum Gasteiger partial charge on any atom is 0.143 e. The molecule has 1 saturated heterocycles. The predicted octanol–water partition coefficient (Wildman–Crippen LogP) is 3.84. The smallest absolute Gasteiger partial charge is 0.143 e. The number of aryl methyl sites for hydroxylation is 1. The number of fused-ring (bicyclic) bond motifs is 3. The fraction of sp³-hybridized carbons (Fsp3) is 0.238. The van der Waals surface area contributed by atoms with Gasteiger partial charge in [-0.15, -0.1) is 0 Å². The van der Waals surface area contributed by atoms with E-state index in [1.54, 1.807) is 6.20 Å². The summed E-state index contributed by atoms with van der Waals surface area (Å²) in [6.07, 6.45) is 3.64. The molecule has 4 heterocycles. The van der Waals surface area contributed by atoms with Crippen molar-refractivity contribution in [1.29, 1.82) is 0 Å². The molecule has 5 rings (SSSR count). The summed E-state index contributed by atoms with van der Waals surface area (Å²) in [5.41, 5.74) is 3.59. The number of hydrogen-bond acceptors (Lipinski definition) is 5. The minimum atomic E-state index is -0.281. The molecular weight excluding hydrogens is 357 g/mol. The van der Waals surface area contributed by atoms with Crippen molar-refractivity contribution in [2.75, 3.05) is 36.5 Å². The van der Waals surface area contributed by atoms with Gasteiger partial charge in [0, 0.05) is 43.3 Å². The highest BCUT2D eigenvalue weighted by molar-refractivity contribution is 6.06. The molecular formula is C21H20FN5O. The summed E-state index contributed by atoms with van der Waals surface area (Å²) >= 11 is 0. The number of halogens is 1. The predicted molar refractivity (Wildman–Crippen MR) is 109 cm³/mol. The number of benzene rings is 1. The number of nitrogens with zero attached hydrogens (tertiary/aromatic N) is 4. The molecule has 0 amide bonds. The summed E-state index contributed by atoms with van der Waals surface area (Å²) in [6, 6.07) is 10.7. The van der Waals surface area contributed by atoms with Crippen molar-refractivity contribution < 1.29 is 9.13 Å². The van der Waals surface area contributed by atoms with Gasteiger partial charge in [-0.2, -0.15) is 0 Å². The van der Waals surface area contributed by atoms with Crippen LogP contribution in [-0.2, 0) is 11.8 Å². The molecule has 1 aliphatic rings. The first kappa shape index (κ1) is 16.9. The van der Waals surface area contributed by atoms with Crippen LogP contribution in [0.4, 0.5) is 21.6 Å². The lowest BCUT2D eigenvalue weighted by atomic mass is 10.2. The topological polar surface area (TPSA) is 55.2 Å². The number of pyridine rings is 2. The monoisotopic (exact) mass is 377 g/mol. The number of nitrogens with one attached hydrogen (secondary N) is 1. The molecule has 0 atom stereocenters. The van der Waals surface area contributed by atoms with E-state index in [0.717, 1.165) is 40.7 Å². The largest absolute Gasteiger partial charge is 0.378 e. The third-order valence-corrected chi connectivity index (χ3v) is 5.22. The van der Waals surface area contributed by atoms with Gasteiger partial charge in [-0.1, -0.05) is 0 Å². The van der Waals surface area contributed by atoms with Crippen LogP contribution in [0.25, 0.3) is 21.9 Å². The standard InChI is InChI=1S/C21H20FN5O/c1-26-18-6-7-23-13-16(18)15-3-5-20(25-21(15)26)24-17-12-14(22)2-4-19(17)27-8-10-28-11-9-27/h2-7,12-13H,8-11H2,1H3,(H,24,25). The third-order valence-electron chi connectivity index (χ3n) is 5.22. The van der Waals surface area contributed by atoms with Crippen LogP contribution in [0, 0.1) is 5.82 Å². The molecule has 1 N–H and O–H groups in total. The summed E-state index contributed by atoms with van der Waals surface area (Å²) in [5.74, 6) is 0.391. The molecule has 28 heavy (non-hydrogen) atoms. The Morgan fingerprint density at radius 3 is 2.79 bits per heavy atom. The van der Waals surface area contributed by atoms with Gasteiger partial charge in [0.15, 0.2) is 0 Å². The minimum Gasteiger partial charge on any atom is -0.378 e. The van der Waals surface area contributed by atoms with Crippen molar-refractivity contribution in [1.82, 2.24) is 14.5 Å². The molecule has 0 spiro atoms. The summed E-state index contributed by atoms with van der Waals surface area (Å²) in [6.45, 7) is 2.90. The lowest BCUT2D eigenvalue weighted by molar-refractivity contribution is 0.123. The number of rotatable bonds is 3. The molecule has 0 saturated carbocycles. The fourth-order valence-corrected chi connectivity index (χ4v) is 3.81. The zero-order chi connectivity index (χ0) is 19.1. The van der Waals surface area contributed by atoms with Gasteiger partial charge in [0.2, 0.25) is 0 Å². The summed E-state index contributed by atoms with van der Waals surface area (Å²) in [4.78, 5) is 11.2. The number of morpholine rings is 1. The second kappa shape index (κ2) is 6.76. The lowest BCUT2D eigenvalue weighted by Crippen LogP contribution is -2.36. The summed E-state index contributed by atoms with van der Waals surface area (Å²) < 4.78 is 21.4. The Morgan fingerprint density at radius 2 is 1.93 bits per heavy atom. The molecule has 1 fully saturated rings. The van der Waals surface area contributed by atoms with Crippen LogP contribution in [0.1, 0.15) is 0 Å². The second-order valence-corrected chi connectivity index (χ2v) is 6.91. The Hall–Kier alpha value is -3.19. The molecule has 0 aliphatic carbocycles. The van der Waals surface area contributed by atoms with Gasteiger partial charge in [0.1, 0.15) is 17.3 Å². The third kappa shape index (κ3) is 2.84. The molecule has 0 unspecified atom stereocenters. The Labute approximate surface area is 161 Å². The van der Waals surface area contributed by atoms with E-state index < -0.39 is 0 Å². The van der Waals surface area contributed by atoms with Crippen molar-refractivity contribution in [3.63, 3.8) is 0 Å². The van der Waals surface area contributed by atoms with Crippen LogP contribution in [0.3, 0.4) is 0 Å². The van der Waals surface area contributed by atoms with Gasteiger partial charge < -0.3 is 19.5 Å². The van der Waals surface area contributed by atoms with Gasteiger partial charge in [-0.3, -0.25) is 4.98 Å². The molecule has 6 nitrogen and oxygen atoms in total. The van der Waals surface area contributed by atoms with E-state index in [9.17, 15) is 4.39 Å². The average molecular weight is 377 g/mol. The highest BCUT2D eigenvalue weighted by atomic mass is 19.1. The van der Waals surface area contributed by atoms with E-state index in [4.69, 9.17) is 9.72 Å². The van der Waals surface area contributed by atoms with E-state index in [0.29, 0.717) is 24.7 Å². The molecule has 7 heteroatoms. The summed E-state index contributed by atoms with van der Waals surface area (Å²) in [7, 11) is 1.99. The van der Waals surface area contributed by atoms with Crippen LogP contribution in [0.15, 0.2) is 48.8 Å². The highest BCUT2D eigenvalue weighted by Gasteiger charge is 2.17. The number of anilines is 3. The van der Waals surface area contributed by atoms with E-state index in [-0.39, 0.29) is 5.82 Å². The fourth-order valence-electron chi connectivity index (χ4n) is 3.81. The van der Waals surface area contributed by atoms with E-state index in [1.165, 1.54) is 12.1 Å². The minimum absolute atomic E-state index is 0.281. The zero-order valence-electron chi connectivity index (χ0n) is 15.5. The van der Waals surface area contributed by atoms with Crippen LogP contribution >= 0.6 is 0 Å². The first-order chi connectivity index (χ1) is 13.7. The normalized spacial score (nSPS) is 14.7. The van der Waals surface area contributed by atoms with Gasteiger partial charge in [-0.25, -0.2) is 9.37 Å². The van der Waals surface area contributed by atoms with Crippen molar-refractivity contribution >= 4 is 39.1 Å². The average Bonchev–Trinajstić information content (AvgIpc) is 3.01. The van der Waals surface area contributed by atoms with Crippen LogP contribution in [-0.4, -0.2) is 40.8 Å². The number of hydrogen-bond donors (Lipinski definition) is 1. The molecule has 1 aromatic carbocycles. The Balaban J connectivity index is 1.56. The Kier molecular flexibility index (Phi) is 4.09. The van der Waals surface area contributed by atoms with Crippen molar-refractivity contribution in [2.24, 2.45) is 7.05 Å². The van der Waals surface area contributed by atoms with Crippen molar-refractivity contribution in [3.8, 4) is 0 Å². The summed E-state index contributed by atoms with van der Waals surface area (Å²) in [5, 5.41) is 5.43. The molecule has 0 bridgehead atoms. The van der Waals surface area contributed by atoms with E-state index >= 15 is 0 Å². The molecule has 142 valence electrons. The van der Waals surface area contributed by atoms with Crippen LogP contribution in [0.2, 0.25) is 0 Å². The molecule has 1 aliphatic heterocycles. The number of ether oxygens (including phenoxy) is 1. The quantitative estimate of drug-likeness (QED) is 0.588. The Bertz CT molecular complexity index is 1170. The zero-order valence-corrected chi connectivity index (χ0v) is 15.5. The van der Waals surface area contributed by atoms with Crippen LogP contribution < -0.4 is 10.2 Å². The van der Waals surface area contributed by atoms with Gasteiger partial charge >= 0.3 is 0 Å². The molecule has 4 aromatic rings. The van der Waals surface area contributed by atoms with Crippen molar-refractivity contribution in [3.05, 3.63) is 54.6 Å². The lowest BCUT2D eigenvalue weighted by Gasteiger charge is -2.30. The second-order valence-electron chi connectivity index (χ2n) is 6.91. The first-order valence-electron chi connectivity index (χ1n) is 9.29. The maximum atomic E-state index is 14.0. The van der Waals surface area contributed by atoms with Crippen molar-refractivity contribution in [2.45, 2.75) is 0 Å². The van der Waals surface area contributed by atoms with E-state index in [2.05, 4.69) is 15.2 Å². The van der Waals surface area contributed by atoms with Gasteiger partial charge in [-0.05, 0) is 36.4 Å². The number of aromatic nitrogens is 3. The molecule has 3 aromatic heterocycles.